The molecule has 0 saturated heterocycles. The Hall–Kier alpha value is -0.870. The molecule has 0 amide bonds. The van der Waals surface area contributed by atoms with Gasteiger partial charge < -0.3 is 10.8 Å². The third kappa shape index (κ3) is 1.68. The molecule has 4 heteroatoms. The molecule has 2 rings (SSSR count). The van der Waals surface area contributed by atoms with Crippen molar-refractivity contribution in [2.75, 3.05) is 0 Å². The smallest absolute Gasteiger partial charge is 0.0826 e. The van der Waals surface area contributed by atoms with Gasteiger partial charge in [0.15, 0.2) is 0 Å². The number of aliphatic hydroxyl groups is 1. The Morgan fingerprint density at radius 2 is 2.33 bits per heavy atom. The molecule has 0 spiro atoms. The zero-order chi connectivity index (χ0) is 11.0. The largest absolute Gasteiger partial charge is 0.388 e. The average molecular weight is 209 g/mol. The second-order valence-corrected chi connectivity index (χ2v) is 4.46. The molecular formula is C11H19N3O. The Labute approximate surface area is 90.1 Å². The van der Waals surface area contributed by atoms with Crippen LogP contribution in [0.3, 0.4) is 0 Å². The number of rotatable bonds is 2. The van der Waals surface area contributed by atoms with E-state index in [4.69, 9.17) is 5.73 Å². The van der Waals surface area contributed by atoms with Crippen LogP contribution < -0.4 is 5.73 Å². The Bertz CT molecular complexity index is 357. The van der Waals surface area contributed by atoms with Gasteiger partial charge in [0.05, 0.1) is 11.8 Å². The maximum Gasteiger partial charge on any atom is 0.0826 e. The van der Waals surface area contributed by atoms with E-state index >= 15 is 0 Å². The van der Waals surface area contributed by atoms with Crippen LogP contribution in [0.25, 0.3) is 0 Å². The standard InChI is InChI=1S/C11H19N3O/c1-7(2)14-9-4-3-5-10(15)11(9)8(6-12)13-14/h7,10,15H,3-6,12H2,1-2H3. The minimum Gasteiger partial charge on any atom is -0.388 e. The molecule has 0 saturated carbocycles. The van der Waals surface area contributed by atoms with E-state index in [0.717, 1.165) is 30.5 Å². The molecule has 1 aliphatic rings. The van der Waals surface area contributed by atoms with Gasteiger partial charge in [-0.3, -0.25) is 4.68 Å². The second kappa shape index (κ2) is 3.94. The highest BCUT2D eigenvalue weighted by Crippen LogP contribution is 2.33. The third-order valence-corrected chi connectivity index (χ3v) is 3.03. The van der Waals surface area contributed by atoms with E-state index in [-0.39, 0.29) is 6.10 Å². The number of aromatic nitrogens is 2. The molecule has 1 unspecified atom stereocenters. The number of hydrogen-bond acceptors (Lipinski definition) is 3. The molecule has 0 radical (unpaired) electrons. The fourth-order valence-corrected chi connectivity index (χ4v) is 2.35. The van der Waals surface area contributed by atoms with Crippen LogP contribution in [0.1, 0.15) is 55.8 Å². The van der Waals surface area contributed by atoms with E-state index in [1.165, 1.54) is 5.69 Å². The number of aliphatic hydroxyl groups excluding tert-OH is 1. The minimum atomic E-state index is -0.361. The van der Waals surface area contributed by atoms with Gasteiger partial charge in [-0.1, -0.05) is 0 Å². The maximum absolute atomic E-state index is 9.96. The number of nitrogens with two attached hydrogens (primary N) is 1. The van der Waals surface area contributed by atoms with Crippen molar-refractivity contribution < 1.29 is 5.11 Å². The first-order valence-electron chi connectivity index (χ1n) is 5.63. The monoisotopic (exact) mass is 209 g/mol. The molecular weight excluding hydrogens is 190 g/mol. The summed E-state index contributed by atoms with van der Waals surface area (Å²) >= 11 is 0. The summed E-state index contributed by atoms with van der Waals surface area (Å²) in [4.78, 5) is 0. The lowest BCUT2D eigenvalue weighted by molar-refractivity contribution is 0.154. The van der Waals surface area contributed by atoms with Crippen LogP contribution in [-0.2, 0) is 13.0 Å². The van der Waals surface area contributed by atoms with E-state index in [1.807, 2.05) is 4.68 Å². The van der Waals surface area contributed by atoms with Gasteiger partial charge in [0.25, 0.3) is 0 Å². The lowest BCUT2D eigenvalue weighted by atomic mass is 9.93. The summed E-state index contributed by atoms with van der Waals surface area (Å²) in [7, 11) is 0. The normalized spacial score (nSPS) is 20.7. The van der Waals surface area contributed by atoms with Gasteiger partial charge in [-0.15, -0.1) is 0 Å². The summed E-state index contributed by atoms with van der Waals surface area (Å²) in [6.07, 6.45) is 2.53. The summed E-state index contributed by atoms with van der Waals surface area (Å²) in [5.74, 6) is 0. The zero-order valence-corrected chi connectivity index (χ0v) is 9.40. The van der Waals surface area contributed by atoms with Crippen molar-refractivity contribution in [2.45, 2.75) is 51.8 Å². The van der Waals surface area contributed by atoms with Gasteiger partial charge >= 0.3 is 0 Å². The van der Waals surface area contributed by atoms with Crippen molar-refractivity contribution in [1.29, 1.82) is 0 Å². The fraction of sp³-hybridized carbons (Fsp3) is 0.727. The first-order chi connectivity index (χ1) is 7.15. The molecule has 1 aliphatic carbocycles. The molecule has 3 N–H and O–H groups in total. The van der Waals surface area contributed by atoms with Crippen molar-refractivity contribution in [3.8, 4) is 0 Å². The maximum atomic E-state index is 9.96. The number of hydrogen-bond donors (Lipinski definition) is 2. The van der Waals surface area contributed by atoms with Crippen LogP contribution in [0.15, 0.2) is 0 Å². The first-order valence-corrected chi connectivity index (χ1v) is 5.63. The molecule has 4 nitrogen and oxygen atoms in total. The number of fused-ring (bicyclic) bond motifs is 1. The lowest BCUT2D eigenvalue weighted by Gasteiger charge is -2.20. The number of nitrogens with zero attached hydrogens (tertiary/aromatic N) is 2. The van der Waals surface area contributed by atoms with Crippen molar-refractivity contribution in [1.82, 2.24) is 9.78 Å². The lowest BCUT2D eigenvalue weighted by Crippen LogP contribution is -2.14. The summed E-state index contributed by atoms with van der Waals surface area (Å²) in [5, 5.41) is 14.5. The first kappa shape index (κ1) is 10.6. The highest BCUT2D eigenvalue weighted by molar-refractivity contribution is 5.31. The summed E-state index contributed by atoms with van der Waals surface area (Å²) in [6.45, 7) is 4.63. The predicted octanol–water partition coefficient (Wildman–Crippen LogP) is 1.29. The fourth-order valence-electron chi connectivity index (χ4n) is 2.35. The highest BCUT2D eigenvalue weighted by Gasteiger charge is 2.27. The van der Waals surface area contributed by atoms with Crippen LogP contribution in [0.5, 0.6) is 0 Å². The Morgan fingerprint density at radius 1 is 1.60 bits per heavy atom. The minimum absolute atomic E-state index is 0.337. The zero-order valence-electron chi connectivity index (χ0n) is 9.40. The van der Waals surface area contributed by atoms with Gasteiger partial charge in [-0.25, -0.2) is 0 Å². The molecule has 0 aromatic carbocycles. The van der Waals surface area contributed by atoms with Crippen molar-refractivity contribution in [2.24, 2.45) is 5.73 Å². The van der Waals surface area contributed by atoms with Gasteiger partial charge in [-0.05, 0) is 33.1 Å². The van der Waals surface area contributed by atoms with Crippen molar-refractivity contribution >= 4 is 0 Å². The van der Waals surface area contributed by atoms with E-state index in [2.05, 4.69) is 18.9 Å². The quantitative estimate of drug-likeness (QED) is 0.771. The molecule has 1 aromatic rings. The van der Waals surface area contributed by atoms with Gasteiger partial charge in [-0.2, -0.15) is 5.10 Å². The third-order valence-electron chi connectivity index (χ3n) is 3.03. The van der Waals surface area contributed by atoms with Gasteiger partial charge in [0.1, 0.15) is 0 Å². The van der Waals surface area contributed by atoms with Crippen molar-refractivity contribution in [3.05, 3.63) is 17.0 Å². The molecule has 0 aliphatic heterocycles. The van der Waals surface area contributed by atoms with Crippen LogP contribution in [0.4, 0.5) is 0 Å². The van der Waals surface area contributed by atoms with Crippen LogP contribution in [-0.4, -0.2) is 14.9 Å². The van der Waals surface area contributed by atoms with Gasteiger partial charge in [0.2, 0.25) is 0 Å². The van der Waals surface area contributed by atoms with Crippen LogP contribution in [0.2, 0.25) is 0 Å². The van der Waals surface area contributed by atoms with Crippen LogP contribution >= 0.6 is 0 Å². The Morgan fingerprint density at radius 3 is 2.93 bits per heavy atom. The summed E-state index contributed by atoms with van der Waals surface area (Å²) < 4.78 is 2.01. The Kier molecular flexibility index (Phi) is 2.80. The highest BCUT2D eigenvalue weighted by atomic mass is 16.3. The molecule has 1 atom stereocenters. The molecule has 0 fully saturated rings. The van der Waals surface area contributed by atoms with Crippen LogP contribution in [0, 0.1) is 0 Å². The second-order valence-electron chi connectivity index (χ2n) is 4.46. The topological polar surface area (TPSA) is 64.1 Å². The summed E-state index contributed by atoms with van der Waals surface area (Å²) in [5.41, 5.74) is 8.71. The summed E-state index contributed by atoms with van der Waals surface area (Å²) in [6, 6.07) is 0.337. The molecule has 1 aromatic heterocycles. The molecule has 1 heterocycles. The molecule has 0 bridgehead atoms. The predicted molar refractivity (Wildman–Crippen MR) is 58.4 cm³/mol. The Balaban J connectivity index is 2.52. The van der Waals surface area contributed by atoms with E-state index in [0.29, 0.717) is 12.6 Å². The molecule has 15 heavy (non-hydrogen) atoms. The molecule has 84 valence electrons. The van der Waals surface area contributed by atoms with Gasteiger partial charge in [0, 0.05) is 23.8 Å². The van der Waals surface area contributed by atoms with Crippen molar-refractivity contribution in [3.63, 3.8) is 0 Å². The SMILES string of the molecule is CC(C)n1nc(CN)c2c1CCCC2O. The van der Waals surface area contributed by atoms with E-state index in [1.54, 1.807) is 0 Å². The average Bonchev–Trinajstić information content (AvgIpc) is 2.58. The van der Waals surface area contributed by atoms with E-state index in [9.17, 15) is 5.11 Å². The van der Waals surface area contributed by atoms with E-state index < -0.39 is 0 Å².